The maximum Gasteiger partial charge on any atom is 0.0603 e. The van der Waals surface area contributed by atoms with Crippen LogP contribution in [0.5, 0.6) is 0 Å². The molecule has 1 unspecified atom stereocenters. The Morgan fingerprint density at radius 2 is 2.00 bits per heavy atom. The molecule has 0 aliphatic carbocycles. The Labute approximate surface area is 117 Å². The summed E-state index contributed by atoms with van der Waals surface area (Å²) in [6, 6.07) is 7.14. The van der Waals surface area contributed by atoms with Gasteiger partial charge in [0.1, 0.15) is 0 Å². The minimum Gasteiger partial charge on any atom is -0.397 e. The summed E-state index contributed by atoms with van der Waals surface area (Å²) in [7, 11) is 0. The average Bonchev–Trinajstić information content (AvgIpc) is 2.41. The first-order valence-corrected chi connectivity index (χ1v) is 7.58. The van der Waals surface area contributed by atoms with Crippen molar-refractivity contribution in [1.82, 2.24) is 0 Å². The Hall–Kier alpha value is -1.38. The largest absolute Gasteiger partial charge is 0.397 e. The Morgan fingerprint density at radius 3 is 2.58 bits per heavy atom. The SMILES string of the molecule is CCN(CC)c1ccc(N2CCCCC2C)c(N)c1. The lowest BCUT2D eigenvalue weighted by Crippen LogP contribution is -2.37. The number of benzene rings is 1. The molecule has 1 aliphatic heterocycles. The molecule has 2 N–H and O–H groups in total. The molecule has 0 radical (unpaired) electrons. The molecule has 1 heterocycles. The molecule has 0 saturated carbocycles. The fourth-order valence-electron chi connectivity index (χ4n) is 3.04. The molecule has 1 aromatic rings. The molecule has 2 rings (SSSR count). The van der Waals surface area contributed by atoms with Crippen LogP contribution in [0.1, 0.15) is 40.0 Å². The summed E-state index contributed by atoms with van der Waals surface area (Å²) in [6.45, 7) is 9.85. The van der Waals surface area contributed by atoms with E-state index in [1.54, 1.807) is 0 Å². The van der Waals surface area contributed by atoms with Gasteiger partial charge in [-0.05, 0) is 58.2 Å². The Morgan fingerprint density at radius 1 is 1.26 bits per heavy atom. The summed E-state index contributed by atoms with van der Waals surface area (Å²) < 4.78 is 0. The van der Waals surface area contributed by atoms with Gasteiger partial charge in [0.15, 0.2) is 0 Å². The Kier molecular flexibility index (Phi) is 4.56. The van der Waals surface area contributed by atoms with E-state index < -0.39 is 0 Å². The number of nitrogen functional groups attached to an aromatic ring is 1. The zero-order valence-electron chi connectivity index (χ0n) is 12.5. The second-order valence-electron chi connectivity index (χ2n) is 5.45. The monoisotopic (exact) mass is 261 g/mol. The van der Waals surface area contributed by atoms with Crippen LogP contribution >= 0.6 is 0 Å². The molecular formula is C16H27N3. The summed E-state index contributed by atoms with van der Waals surface area (Å²) in [5.74, 6) is 0. The second kappa shape index (κ2) is 6.18. The van der Waals surface area contributed by atoms with E-state index in [1.165, 1.54) is 30.6 Å². The minimum atomic E-state index is 0.607. The lowest BCUT2D eigenvalue weighted by atomic mass is 10.0. The van der Waals surface area contributed by atoms with Crippen LogP contribution in [-0.4, -0.2) is 25.7 Å². The van der Waals surface area contributed by atoms with E-state index in [2.05, 4.69) is 48.8 Å². The molecule has 1 saturated heterocycles. The predicted octanol–water partition coefficient (Wildman–Crippen LogP) is 3.49. The van der Waals surface area contributed by atoms with Crippen LogP contribution < -0.4 is 15.5 Å². The summed E-state index contributed by atoms with van der Waals surface area (Å²) >= 11 is 0. The smallest absolute Gasteiger partial charge is 0.0603 e. The van der Waals surface area contributed by atoms with Gasteiger partial charge in [0, 0.05) is 31.4 Å². The first-order valence-electron chi connectivity index (χ1n) is 7.58. The van der Waals surface area contributed by atoms with Crippen molar-refractivity contribution in [3.63, 3.8) is 0 Å². The first kappa shape index (κ1) is 14.0. The summed E-state index contributed by atoms with van der Waals surface area (Å²) in [5, 5.41) is 0. The van der Waals surface area contributed by atoms with Crippen molar-refractivity contribution in [1.29, 1.82) is 0 Å². The molecule has 1 aromatic carbocycles. The van der Waals surface area contributed by atoms with Gasteiger partial charge < -0.3 is 15.5 Å². The zero-order chi connectivity index (χ0) is 13.8. The van der Waals surface area contributed by atoms with Gasteiger partial charge in [-0.2, -0.15) is 0 Å². The fourth-order valence-corrected chi connectivity index (χ4v) is 3.04. The summed E-state index contributed by atoms with van der Waals surface area (Å²) in [4.78, 5) is 4.80. The maximum absolute atomic E-state index is 6.29. The normalized spacial score (nSPS) is 19.5. The molecule has 3 heteroatoms. The van der Waals surface area contributed by atoms with Gasteiger partial charge in [-0.3, -0.25) is 0 Å². The Bertz CT molecular complexity index is 412. The molecule has 0 spiro atoms. The van der Waals surface area contributed by atoms with Crippen LogP contribution in [0.2, 0.25) is 0 Å². The fraction of sp³-hybridized carbons (Fsp3) is 0.625. The standard InChI is InChI=1S/C16H27N3/c1-4-18(5-2)14-9-10-16(15(17)12-14)19-11-7-6-8-13(19)3/h9-10,12-13H,4-8,11,17H2,1-3H3. The molecule has 1 fully saturated rings. The molecule has 0 amide bonds. The van der Waals surface area contributed by atoms with Gasteiger partial charge in [0.05, 0.1) is 11.4 Å². The molecule has 0 bridgehead atoms. The van der Waals surface area contributed by atoms with E-state index in [0.29, 0.717) is 6.04 Å². The number of hydrogen-bond donors (Lipinski definition) is 1. The molecule has 3 nitrogen and oxygen atoms in total. The minimum absolute atomic E-state index is 0.607. The van der Waals surface area contributed by atoms with Crippen LogP contribution in [-0.2, 0) is 0 Å². The molecule has 106 valence electrons. The summed E-state index contributed by atoms with van der Waals surface area (Å²) in [5.41, 5.74) is 9.65. The van der Waals surface area contributed by atoms with Crippen molar-refractivity contribution in [3.8, 4) is 0 Å². The van der Waals surface area contributed by atoms with Crippen LogP contribution in [0, 0.1) is 0 Å². The lowest BCUT2D eigenvalue weighted by molar-refractivity contribution is 0.485. The highest BCUT2D eigenvalue weighted by atomic mass is 15.2. The molecular weight excluding hydrogens is 234 g/mol. The maximum atomic E-state index is 6.29. The van der Waals surface area contributed by atoms with Crippen molar-refractivity contribution in [2.75, 3.05) is 35.2 Å². The topological polar surface area (TPSA) is 32.5 Å². The van der Waals surface area contributed by atoms with Crippen LogP contribution in [0.3, 0.4) is 0 Å². The zero-order valence-corrected chi connectivity index (χ0v) is 12.5. The van der Waals surface area contributed by atoms with E-state index in [0.717, 1.165) is 25.3 Å². The Balaban J connectivity index is 2.23. The highest BCUT2D eigenvalue weighted by Gasteiger charge is 2.20. The van der Waals surface area contributed by atoms with Gasteiger partial charge in [-0.25, -0.2) is 0 Å². The van der Waals surface area contributed by atoms with Crippen molar-refractivity contribution in [3.05, 3.63) is 18.2 Å². The van der Waals surface area contributed by atoms with E-state index in [9.17, 15) is 0 Å². The third-order valence-electron chi connectivity index (χ3n) is 4.25. The number of nitrogens with two attached hydrogens (primary N) is 1. The summed E-state index contributed by atoms with van der Waals surface area (Å²) in [6.07, 6.45) is 3.90. The van der Waals surface area contributed by atoms with Crippen molar-refractivity contribution in [2.45, 2.75) is 46.1 Å². The highest BCUT2D eigenvalue weighted by Crippen LogP contribution is 2.32. The van der Waals surface area contributed by atoms with Gasteiger partial charge in [0.2, 0.25) is 0 Å². The van der Waals surface area contributed by atoms with E-state index in [4.69, 9.17) is 5.73 Å². The second-order valence-corrected chi connectivity index (χ2v) is 5.45. The van der Waals surface area contributed by atoms with E-state index in [-0.39, 0.29) is 0 Å². The average molecular weight is 261 g/mol. The highest BCUT2D eigenvalue weighted by molar-refractivity contribution is 5.73. The number of piperidine rings is 1. The van der Waals surface area contributed by atoms with Gasteiger partial charge >= 0.3 is 0 Å². The van der Waals surface area contributed by atoms with Gasteiger partial charge in [-0.1, -0.05) is 0 Å². The molecule has 1 aliphatic rings. The lowest BCUT2D eigenvalue weighted by Gasteiger charge is -2.36. The predicted molar refractivity (Wildman–Crippen MR) is 85.1 cm³/mol. The van der Waals surface area contributed by atoms with Gasteiger partial charge in [-0.15, -0.1) is 0 Å². The quantitative estimate of drug-likeness (QED) is 0.842. The number of hydrogen-bond acceptors (Lipinski definition) is 3. The third kappa shape index (κ3) is 2.96. The van der Waals surface area contributed by atoms with E-state index >= 15 is 0 Å². The molecule has 0 aromatic heterocycles. The number of anilines is 3. The molecule has 19 heavy (non-hydrogen) atoms. The van der Waals surface area contributed by atoms with E-state index in [1.807, 2.05) is 0 Å². The van der Waals surface area contributed by atoms with Crippen LogP contribution in [0.25, 0.3) is 0 Å². The number of nitrogens with zero attached hydrogens (tertiary/aromatic N) is 2. The first-order chi connectivity index (χ1) is 9.17. The van der Waals surface area contributed by atoms with Gasteiger partial charge in [0.25, 0.3) is 0 Å². The van der Waals surface area contributed by atoms with Crippen LogP contribution in [0.15, 0.2) is 18.2 Å². The van der Waals surface area contributed by atoms with Crippen LogP contribution in [0.4, 0.5) is 17.1 Å². The van der Waals surface area contributed by atoms with Crippen molar-refractivity contribution < 1.29 is 0 Å². The van der Waals surface area contributed by atoms with Crippen molar-refractivity contribution in [2.24, 2.45) is 0 Å². The van der Waals surface area contributed by atoms with Crippen molar-refractivity contribution >= 4 is 17.1 Å². The number of rotatable bonds is 4. The third-order valence-corrected chi connectivity index (χ3v) is 4.25. The molecule has 1 atom stereocenters.